The SMILES string of the molecule is CCOc1ccc([C@@H]2/C(=C(\O)c3ccc4c(c3)C[C@H](C)O4)C(=O)C(=O)N2c2nc3ccc(C)cc3s2)cc1OCC. The van der Waals surface area contributed by atoms with Gasteiger partial charge in [-0.05, 0) is 86.8 Å². The second kappa shape index (κ2) is 10.6. The van der Waals surface area contributed by atoms with Crippen molar-refractivity contribution in [2.75, 3.05) is 18.1 Å². The first-order valence-corrected chi connectivity index (χ1v) is 14.5. The minimum absolute atomic E-state index is 0.0102. The molecule has 2 aliphatic heterocycles. The lowest BCUT2D eigenvalue weighted by atomic mass is 9.94. The van der Waals surface area contributed by atoms with Gasteiger partial charge in [0.15, 0.2) is 16.6 Å². The van der Waals surface area contributed by atoms with Crippen molar-refractivity contribution in [3.05, 3.63) is 82.4 Å². The van der Waals surface area contributed by atoms with Crippen LogP contribution in [0.3, 0.4) is 0 Å². The van der Waals surface area contributed by atoms with Crippen LogP contribution < -0.4 is 19.1 Å². The molecule has 1 saturated heterocycles. The number of aromatic nitrogens is 1. The molecule has 4 aromatic rings. The van der Waals surface area contributed by atoms with E-state index in [1.165, 1.54) is 16.2 Å². The molecule has 0 spiro atoms. The first kappa shape index (κ1) is 26.8. The Kier molecular flexibility index (Phi) is 6.91. The fourth-order valence-corrected chi connectivity index (χ4v) is 6.52. The molecule has 9 heteroatoms. The van der Waals surface area contributed by atoms with Gasteiger partial charge in [0.25, 0.3) is 5.78 Å². The maximum absolute atomic E-state index is 13.7. The number of hydrogen-bond donors (Lipinski definition) is 1. The molecule has 1 fully saturated rings. The van der Waals surface area contributed by atoms with E-state index >= 15 is 0 Å². The van der Waals surface area contributed by atoms with Crippen LogP contribution in [0.15, 0.2) is 60.2 Å². The van der Waals surface area contributed by atoms with Crippen molar-refractivity contribution in [3.63, 3.8) is 0 Å². The summed E-state index contributed by atoms with van der Waals surface area (Å²) in [7, 11) is 0. The number of aliphatic hydroxyl groups excluding tert-OH is 1. The number of ether oxygens (including phenoxy) is 3. The number of aliphatic hydroxyl groups is 1. The number of nitrogens with zero attached hydrogens (tertiary/aromatic N) is 2. The summed E-state index contributed by atoms with van der Waals surface area (Å²) in [5, 5.41) is 12.0. The van der Waals surface area contributed by atoms with Crippen molar-refractivity contribution in [1.29, 1.82) is 0 Å². The normalized spacial score (nSPS) is 19.5. The van der Waals surface area contributed by atoms with Gasteiger partial charge in [-0.3, -0.25) is 14.5 Å². The lowest BCUT2D eigenvalue weighted by Gasteiger charge is -2.24. The average Bonchev–Trinajstić information content (AvgIpc) is 3.61. The molecule has 2 aliphatic rings. The Labute approximate surface area is 241 Å². The molecular weight excluding hydrogens is 540 g/mol. The van der Waals surface area contributed by atoms with E-state index < -0.39 is 17.7 Å². The first-order valence-electron chi connectivity index (χ1n) is 13.7. The Morgan fingerprint density at radius 3 is 2.61 bits per heavy atom. The van der Waals surface area contributed by atoms with Gasteiger partial charge in [0.05, 0.1) is 35.0 Å². The van der Waals surface area contributed by atoms with E-state index in [9.17, 15) is 14.7 Å². The second-order valence-electron chi connectivity index (χ2n) is 10.2. The smallest absolute Gasteiger partial charge is 0.301 e. The summed E-state index contributed by atoms with van der Waals surface area (Å²) in [5.41, 5.74) is 3.75. The van der Waals surface area contributed by atoms with E-state index in [0.717, 1.165) is 27.1 Å². The quantitative estimate of drug-likeness (QED) is 0.157. The minimum atomic E-state index is -0.935. The van der Waals surface area contributed by atoms with E-state index in [0.29, 0.717) is 47.4 Å². The van der Waals surface area contributed by atoms with E-state index in [-0.39, 0.29) is 17.4 Å². The van der Waals surface area contributed by atoms with Gasteiger partial charge in [-0.1, -0.05) is 23.5 Å². The average molecular weight is 571 g/mol. The van der Waals surface area contributed by atoms with Crippen LogP contribution in [0.2, 0.25) is 0 Å². The highest BCUT2D eigenvalue weighted by Gasteiger charge is 2.48. The van der Waals surface area contributed by atoms with Gasteiger partial charge in [-0.2, -0.15) is 0 Å². The molecule has 3 heterocycles. The highest BCUT2D eigenvalue weighted by Crippen LogP contribution is 2.46. The van der Waals surface area contributed by atoms with Gasteiger partial charge in [0, 0.05) is 12.0 Å². The van der Waals surface area contributed by atoms with Crippen molar-refractivity contribution >= 4 is 44.1 Å². The molecule has 0 aliphatic carbocycles. The Morgan fingerprint density at radius 2 is 1.83 bits per heavy atom. The number of thiazole rings is 1. The monoisotopic (exact) mass is 570 g/mol. The minimum Gasteiger partial charge on any atom is -0.507 e. The number of rotatable bonds is 7. The highest BCUT2D eigenvalue weighted by atomic mass is 32.1. The van der Waals surface area contributed by atoms with Gasteiger partial charge in [-0.25, -0.2) is 4.98 Å². The molecule has 2 atom stereocenters. The van der Waals surface area contributed by atoms with Gasteiger partial charge < -0.3 is 19.3 Å². The van der Waals surface area contributed by atoms with Crippen molar-refractivity contribution in [3.8, 4) is 17.2 Å². The number of aryl methyl sites for hydroxylation is 1. The highest BCUT2D eigenvalue weighted by molar-refractivity contribution is 7.22. The zero-order valence-electron chi connectivity index (χ0n) is 23.3. The summed E-state index contributed by atoms with van der Waals surface area (Å²) in [4.78, 5) is 33.5. The molecule has 0 bridgehead atoms. The van der Waals surface area contributed by atoms with Crippen molar-refractivity contribution in [2.24, 2.45) is 0 Å². The summed E-state index contributed by atoms with van der Waals surface area (Å²) in [6.45, 7) is 8.57. The molecule has 0 saturated carbocycles. The van der Waals surface area contributed by atoms with Crippen molar-refractivity contribution in [2.45, 2.75) is 46.3 Å². The third-order valence-corrected chi connectivity index (χ3v) is 8.25. The van der Waals surface area contributed by atoms with Crippen LogP contribution in [0.4, 0.5) is 5.13 Å². The number of anilines is 1. The van der Waals surface area contributed by atoms with Crippen LogP contribution >= 0.6 is 11.3 Å². The summed E-state index contributed by atoms with van der Waals surface area (Å²) < 4.78 is 18.3. The predicted molar refractivity (Wildman–Crippen MR) is 158 cm³/mol. The summed E-state index contributed by atoms with van der Waals surface area (Å²) in [6.07, 6.45) is 0.715. The van der Waals surface area contributed by atoms with Crippen LogP contribution in [-0.4, -0.2) is 41.1 Å². The summed E-state index contributed by atoms with van der Waals surface area (Å²) in [6, 6.07) is 15.6. The number of fused-ring (bicyclic) bond motifs is 2. The fourth-order valence-electron chi connectivity index (χ4n) is 5.43. The number of carbonyl (C=O) groups excluding carboxylic acids is 2. The van der Waals surface area contributed by atoms with E-state index in [2.05, 4.69) is 0 Å². The Balaban J connectivity index is 1.55. The third-order valence-electron chi connectivity index (χ3n) is 7.24. The number of hydrogen-bond acceptors (Lipinski definition) is 8. The molecule has 8 nitrogen and oxygen atoms in total. The van der Waals surface area contributed by atoms with Crippen LogP contribution in [0.5, 0.6) is 17.2 Å². The molecule has 1 aromatic heterocycles. The summed E-state index contributed by atoms with van der Waals surface area (Å²) in [5.74, 6) is 0.0159. The second-order valence-corrected chi connectivity index (χ2v) is 11.2. The first-order chi connectivity index (χ1) is 19.8. The van der Waals surface area contributed by atoms with E-state index in [1.54, 1.807) is 30.3 Å². The summed E-state index contributed by atoms with van der Waals surface area (Å²) >= 11 is 1.33. The molecule has 0 radical (unpaired) electrons. The third kappa shape index (κ3) is 4.70. The molecule has 210 valence electrons. The van der Waals surface area contributed by atoms with Crippen molar-refractivity contribution < 1.29 is 28.9 Å². The maximum Gasteiger partial charge on any atom is 0.301 e. The number of benzene rings is 3. The van der Waals surface area contributed by atoms with Crippen molar-refractivity contribution in [1.82, 2.24) is 4.98 Å². The molecular formula is C32H30N2O6S. The predicted octanol–water partition coefficient (Wildman–Crippen LogP) is 6.35. The molecule has 1 N–H and O–H groups in total. The lowest BCUT2D eigenvalue weighted by molar-refractivity contribution is -0.132. The molecule has 1 amide bonds. The van der Waals surface area contributed by atoms with E-state index in [4.69, 9.17) is 19.2 Å². The van der Waals surface area contributed by atoms with Gasteiger partial charge >= 0.3 is 5.91 Å². The number of ketones is 1. The number of amides is 1. The Hall–Kier alpha value is -4.37. The van der Waals surface area contributed by atoms with Crippen LogP contribution in [0.1, 0.15) is 49.1 Å². The van der Waals surface area contributed by atoms with Gasteiger partial charge in [0.1, 0.15) is 17.6 Å². The van der Waals surface area contributed by atoms with Crippen LogP contribution in [0, 0.1) is 6.92 Å². The standard InChI is InChI=1S/C32H30N2O6S/c1-5-38-24-12-8-19(16-25(24)39-6-2)28-27(29(35)20-9-11-23-21(15-20)14-18(4)40-23)30(36)31(37)34(28)32-33-22-10-7-17(3)13-26(22)41-32/h7-13,15-16,18,28,35H,5-6,14H2,1-4H3/b29-27+/t18-,28+/m0/s1. The van der Waals surface area contributed by atoms with E-state index in [1.807, 2.05) is 52.0 Å². The number of carbonyl (C=O) groups is 2. The lowest BCUT2D eigenvalue weighted by Crippen LogP contribution is -2.29. The maximum atomic E-state index is 13.7. The van der Waals surface area contributed by atoms with Gasteiger partial charge in [-0.15, -0.1) is 0 Å². The zero-order valence-corrected chi connectivity index (χ0v) is 24.1. The zero-order chi connectivity index (χ0) is 28.8. The molecule has 3 aromatic carbocycles. The van der Waals surface area contributed by atoms with Crippen LogP contribution in [0.25, 0.3) is 16.0 Å². The Morgan fingerprint density at radius 1 is 1.05 bits per heavy atom. The fraction of sp³-hybridized carbons (Fsp3) is 0.281. The van der Waals surface area contributed by atoms with Crippen LogP contribution in [-0.2, 0) is 16.0 Å². The molecule has 6 rings (SSSR count). The Bertz CT molecular complexity index is 1720. The topological polar surface area (TPSA) is 98.2 Å². The largest absolute Gasteiger partial charge is 0.507 e. The molecule has 41 heavy (non-hydrogen) atoms. The number of Topliss-reactive ketones (excluding diaryl/α,β-unsaturated/α-hetero) is 1. The van der Waals surface area contributed by atoms with Gasteiger partial charge in [0.2, 0.25) is 0 Å². The molecule has 0 unspecified atom stereocenters.